The number of fused-ring (bicyclic) bond motifs is 12. The lowest BCUT2D eigenvalue weighted by molar-refractivity contribution is -0.297. The highest BCUT2D eigenvalue weighted by Crippen LogP contribution is 2.76. The van der Waals surface area contributed by atoms with E-state index in [0.717, 1.165) is 17.7 Å². The van der Waals surface area contributed by atoms with Crippen LogP contribution in [0, 0.1) is 50.2 Å². The van der Waals surface area contributed by atoms with Crippen molar-refractivity contribution in [1.82, 2.24) is 0 Å². The number of allylic oxidation sites excluding steroid dienone is 2. The molecule has 5 aliphatic carbocycles. The van der Waals surface area contributed by atoms with Crippen LogP contribution in [0.15, 0.2) is 35.9 Å². The van der Waals surface area contributed by atoms with Crippen molar-refractivity contribution in [1.29, 1.82) is 0 Å². The van der Waals surface area contributed by atoms with Crippen LogP contribution < -0.4 is 0 Å². The largest absolute Gasteiger partial charge is 0.504 e. The van der Waals surface area contributed by atoms with E-state index >= 15 is 0 Å². The lowest BCUT2D eigenvalue weighted by Crippen LogP contribution is -2.70. The predicted molar refractivity (Wildman–Crippen MR) is 272 cm³/mol. The first-order valence-electron chi connectivity index (χ1n) is 26.7. The van der Waals surface area contributed by atoms with Crippen LogP contribution in [0.3, 0.4) is 0 Å². The van der Waals surface area contributed by atoms with E-state index in [-0.39, 0.29) is 24.2 Å². The smallest absolute Gasteiger partial charge is 0.339 e. The summed E-state index contributed by atoms with van der Waals surface area (Å²) in [5, 5.41) is 151. The van der Waals surface area contributed by atoms with Crippen molar-refractivity contribution in [2.75, 3.05) is 19.8 Å². The molecule has 23 nitrogen and oxygen atoms in total. The SMILES string of the molecule is CC1(C)CCC2(C(=O)OC3OC(CO)C(O)C(O)C3O)CCC3(C)C(=CCC4C5(C)CC(O)C6OC(=O)c7cc(O)c(O)c(O)c7-c7c(cc(O)c(O)c7O)C(=O)OCC6(COC(=O)c6cc(O)c(O)c(O)c6)C5CCC43C)C2C1. The summed E-state index contributed by atoms with van der Waals surface area (Å²) in [7, 11) is 0. The minimum atomic E-state index is -1.98. The molecule has 0 radical (unpaired) electrons. The number of esters is 4. The monoisotopic (exact) mass is 1120 g/mol. The summed E-state index contributed by atoms with van der Waals surface area (Å²) in [5.74, 6) is -16.2. The Labute approximate surface area is 457 Å². The van der Waals surface area contributed by atoms with E-state index in [2.05, 4.69) is 33.8 Å². The fourth-order valence-corrected chi connectivity index (χ4v) is 15.9. The number of phenolic OH excluding ortho intramolecular Hbond substituents is 9. The molecular formula is C57H68O23. The molecule has 4 saturated carbocycles. The Kier molecular flexibility index (Phi) is 13.6. The molecule has 1 saturated heterocycles. The minimum absolute atomic E-state index is 0.105. The first-order valence-corrected chi connectivity index (χ1v) is 26.7. The molecule has 0 aromatic heterocycles. The van der Waals surface area contributed by atoms with Crippen molar-refractivity contribution in [3.8, 4) is 62.9 Å². The van der Waals surface area contributed by atoms with Crippen molar-refractivity contribution in [3.05, 3.63) is 52.6 Å². The first-order chi connectivity index (χ1) is 37.4. The molecule has 7 aliphatic rings. The number of hydrogen-bond acceptors (Lipinski definition) is 23. The van der Waals surface area contributed by atoms with Crippen molar-refractivity contribution in [2.24, 2.45) is 50.2 Å². The van der Waals surface area contributed by atoms with E-state index in [1.54, 1.807) is 0 Å². The quantitative estimate of drug-likeness (QED) is 0.0706. The van der Waals surface area contributed by atoms with Gasteiger partial charge in [0, 0.05) is 11.1 Å². The third-order valence-corrected chi connectivity index (χ3v) is 20.3. The molecule has 10 rings (SSSR count). The average Bonchev–Trinajstić information content (AvgIpc) is 3.62. The van der Waals surface area contributed by atoms with E-state index in [1.807, 2.05) is 6.92 Å². The van der Waals surface area contributed by atoms with Gasteiger partial charge in [0.25, 0.3) is 0 Å². The summed E-state index contributed by atoms with van der Waals surface area (Å²) in [6, 6.07) is 2.95. The van der Waals surface area contributed by atoms with Crippen molar-refractivity contribution in [3.63, 3.8) is 0 Å². The molecule has 14 N–H and O–H groups in total. The molecule has 2 aliphatic heterocycles. The maximum absolute atomic E-state index is 14.9. The van der Waals surface area contributed by atoms with Gasteiger partial charge < -0.3 is 95.2 Å². The van der Waals surface area contributed by atoms with Crippen LogP contribution in [0.1, 0.15) is 123 Å². The number of rotatable bonds is 6. The van der Waals surface area contributed by atoms with Crippen LogP contribution >= 0.6 is 0 Å². The van der Waals surface area contributed by atoms with Crippen LogP contribution in [-0.2, 0) is 28.5 Å². The lowest BCUT2D eigenvalue weighted by Gasteiger charge is -2.71. The Balaban J connectivity index is 1.09. The maximum atomic E-state index is 14.9. The third-order valence-electron chi connectivity index (χ3n) is 20.3. The second kappa shape index (κ2) is 19.2. The maximum Gasteiger partial charge on any atom is 0.339 e. The normalized spacial score (nSPS) is 37.1. The number of aliphatic hydroxyl groups is 5. The number of carbonyl (C=O) groups is 4. The van der Waals surface area contributed by atoms with Gasteiger partial charge in [-0.3, -0.25) is 4.79 Å². The zero-order valence-electron chi connectivity index (χ0n) is 44.6. The standard InChI is InChI=1S/C57H68O23/c1-52(2)10-12-56(51(75)80-50-45(71)44(70)41(67)33(20-58)78-50)13-11-54(4)26(27(56)18-52)6-7-34-53(3)19-32(63)46-57(35(53)8-9-55(34,54)5,21-76-47(72)23-14-28(59)38(64)29(60)15-23)22-77-48(73)24-16-30(61)39(65)42(68)36(24)37-25(49(74)79-46)17-31(62)40(66)43(37)69/h6,14-17,27,32-35,41,44-46,50,58-71H,7-13,18-22H2,1-5H3. The number of aliphatic hydroxyl groups excluding tert-OH is 5. The van der Waals surface area contributed by atoms with Crippen molar-refractivity contribution in [2.45, 2.75) is 135 Å². The zero-order chi connectivity index (χ0) is 58.3. The van der Waals surface area contributed by atoms with Gasteiger partial charge >= 0.3 is 23.9 Å². The van der Waals surface area contributed by atoms with Gasteiger partial charge in [0.1, 0.15) is 43.7 Å². The average molecular weight is 1120 g/mol. The third kappa shape index (κ3) is 8.18. The van der Waals surface area contributed by atoms with Gasteiger partial charge in [-0.25, -0.2) is 14.4 Å². The van der Waals surface area contributed by atoms with Gasteiger partial charge in [-0.1, -0.05) is 46.3 Å². The van der Waals surface area contributed by atoms with Crippen LogP contribution in [-0.4, -0.2) is 158 Å². The van der Waals surface area contributed by atoms with Crippen LogP contribution in [0.5, 0.6) is 51.7 Å². The van der Waals surface area contributed by atoms with Crippen molar-refractivity contribution >= 4 is 23.9 Å². The Morgan fingerprint density at radius 1 is 0.675 bits per heavy atom. The topological polar surface area (TPSA) is 398 Å². The van der Waals surface area contributed by atoms with Crippen LogP contribution in [0.25, 0.3) is 11.1 Å². The Morgan fingerprint density at radius 3 is 1.88 bits per heavy atom. The predicted octanol–water partition coefficient (Wildman–Crippen LogP) is 4.33. The fraction of sp³-hybridized carbons (Fsp3) is 0.579. The minimum Gasteiger partial charge on any atom is -0.504 e. The number of carbonyl (C=O) groups excluding carboxylic acids is 4. The molecule has 2 heterocycles. The number of benzene rings is 3. The molecule has 434 valence electrons. The molecule has 3 aromatic rings. The van der Waals surface area contributed by atoms with E-state index in [1.165, 1.54) is 0 Å². The number of phenols is 9. The van der Waals surface area contributed by atoms with Crippen LogP contribution in [0.2, 0.25) is 0 Å². The molecule has 3 aromatic carbocycles. The molecule has 0 spiro atoms. The van der Waals surface area contributed by atoms with E-state index in [9.17, 15) is 90.7 Å². The molecule has 15 atom stereocenters. The highest BCUT2D eigenvalue weighted by molar-refractivity contribution is 6.08. The second-order valence-corrected chi connectivity index (χ2v) is 24.9. The highest BCUT2D eigenvalue weighted by Gasteiger charge is 2.73. The molecule has 15 unspecified atom stereocenters. The van der Waals surface area contributed by atoms with Gasteiger partial charge in [0.2, 0.25) is 17.8 Å². The summed E-state index contributed by atoms with van der Waals surface area (Å²) in [5.41, 5.74) is -8.55. The number of hydrogen-bond donors (Lipinski definition) is 14. The van der Waals surface area contributed by atoms with E-state index in [0.29, 0.717) is 57.1 Å². The van der Waals surface area contributed by atoms with Crippen molar-refractivity contribution < 1.29 is 114 Å². The summed E-state index contributed by atoms with van der Waals surface area (Å²) >= 11 is 0. The zero-order valence-corrected chi connectivity index (χ0v) is 44.6. The molecule has 80 heavy (non-hydrogen) atoms. The molecule has 0 amide bonds. The number of aromatic hydroxyl groups is 9. The Morgan fingerprint density at radius 2 is 1.26 bits per heavy atom. The van der Waals surface area contributed by atoms with Gasteiger partial charge in [-0.2, -0.15) is 0 Å². The summed E-state index contributed by atoms with van der Waals surface area (Å²) < 4.78 is 30.0. The summed E-state index contributed by atoms with van der Waals surface area (Å²) in [6.07, 6.45) is -6.51. The lowest BCUT2D eigenvalue weighted by atomic mass is 9.33. The first kappa shape index (κ1) is 56.5. The number of cyclic esters (lactones) is 1. The summed E-state index contributed by atoms with van der Waals surface area (Å²) in [4.78, 5) is 58.7. The second-order valence-electron chi connectivity index (χ2n) is 24.9. The van der Waals surface area contributed by atoms with E-state index < -0.39 is 205 Å². The van der Waals surface area contributed by atoms with Gasteiger partial charge in [0.05, 0.1) is 40.2 Å². The Hall–Kier alpha value is -6.76. The molecule has 23 heteroatoms. The highest BCUT2D eigenvalue weighted by atomic mass is 16.7. The molecular weight excluding hydrogens is 1050 g/mol. The van der Waals surface area contributed by atoms with Gasteiger partial charge in [-0.05, 0) is 121 Å². The van der Waals surface area contributed by atoms with Gasteiger partial charge in [0.15, 0.2) is 40.2 Å². The molecule has 0 bridgehead atoms. The molecule has 5 fully saturated rings. The Bertz CT molecular complexity index is 3090. The fourth-order valence-electron chi connectivity index (χ4n) is 15.9. The number of ether oxygens (including phenoxy) is 5. The van der Waals surface area contributed by atoms with Gasteiger partial charge in [-0.15, -0.1) is 0 Å². The summed E-state index contributed by atoms with van der Waals surface area (Å²) in [6.45, 7) is 8.09. The van der Waals surface area contributed by atoms with Crippen LogP contribution in [0.4, 0.5) is 0 Å². The van der Waals surface area contributed by atoms with E-state index in [4.69, 9.17) is 23.7 Å².